The van der Waals surface area contributed by atoms with E-state index < -0.39 is 6.04 Å². The van der Waals surface area contributed by atoms with Gasteiger partial charge in [-0.05, 0) is 43.3 Å². The first kappa shape index (κ1) is 12.9. The highest BCUT2D eigenvalue weighted by Crippen LogP contribution is 2.31. The average Bonchev–Trinajstić information content (AvgIpc) is 2.32. The maximum atomic E-state index is 13.7. The summed E-state index contributed by atoms with van der Waals surface area (Å²) in [5, 5.41) is 0.619. The fourth-order valence-corrected chi connectivity index (χ4v) is 1.80. The monoisotopic (exact) mass is 265 g/mol. The molecule has 0 aliphatic rings. The molecule has 2 nitrogen and oxygen atoms in total. The van der Waals surface area contributed by atoms with Gasteiger partial charge in [-0.3, -0.25) is 0 Å². The fourth-order valence-electron chi connectivity index (χ4n) is 1.68. The number of rotatable bonds is 3. The minimum absolute atomic E-state index is 0.364. The topological polar surface area (TPSA) is 35.2 Å². The van der Waals surface area contributed by atoms with Gasteiger partial charge < -0.3 is 10.5 Å². The van der Waals surface area contributed by atoms with Crippen molar-refractivity contribution in [3.05, 3.63) is 58.9 Å². The quantitative estimate of drug-likeness (QED) is 0.898. The summed E-state index contributed by atoms with van der Waals surface area (Å²) >= 11 is 5.79. The Bertz CT molecular complexity index is 540. The van der Waals surface area contributed by atoms with Crippen LogP contribution in [-0.4, -0.2) is 0 Å². The van der Waals surface area contributed by atoms with E-state index in [9.17, 15) is 4.39 Å². The van der Waals surface area contributed by atoms with Gasteiger partial charge in [0, 0.05) is 16.6 Å². The van der Waals surface area contributed by atoms with Gasteiger partial charge in [-0.1, -0.05) is 17.7 Å². The van der Waals surface area contributed by atoms with Gasteiger partial charge in [0.1, 0.15) is 17.3 Å². The van der Waals surface area contributed by atoms with E-state index in [0.717, 1.165) is 0 Å². The minimum Gasteiger partial charge on any atom is -0.457 e. The lowest BCUT2D eigenvalue weighted by Gasteiger charge is -2.14. The van der Waals surface area contributed by atoms with Crippen molar-refractivity contribution in [2.75, 3.05) is 0 Å². The minimum atomic E-state index is -0.437. The first-order valence-electron chi connectivity index (χ1n) is 5.55. The summed E-state index contributed by atoms with van der Waals surface area (Å²) in [5.74, 6) is 0.649. The molecule has 18 heavy (non-hydrogen) atoms. The molecule has 2 aromatic carbocycles. The summed E-state index contributed by atoms with van der Waals surface area (Å²) in [4.78, 5) is 0. The number of hydrogen-bond acceptors (Lipinski definition) is 2. The molecule has 0 unspecified atom stereocenters. The molecule has 0 amide bonds. The van der Waals surface area contributed by atoms with Crippen molar-refractivity contribution in [1.82, 2.24) is 0 Å². The van der Waals surface area contributed by atoms with E-state index in [0.29, 0.717) is 22.1 Å². The Kier molecular flexibility index (Phi) is 3.84. The molecule has 0 aliphatic heterocycles. The zero-order valence-corrected chi connectivity index (χ0v) is 10.6. The standard InChI is InChI=1S/C14H13ClFNO/c1-9(17)14-12(16)3-2-4-13(14)18-11-7-5-10(15)6-8-11/h2-9H,17H2,1H3/t9-/m0/s1. The number of benzene rings is 2. The van der Waals surface area contributed by atoms with Crippen LogP contribution in [0.4, 0.5) is 4.39 Å². The lowest BCUT2D eigenvalue weighted by Crippen LogP contribution is -2.09. The molecule has 0 saturated heterocycles. The van der Waals surface area contributed by atoms with Crippen LogP contribution in [0.3, 0.4) is 0 Å². The first-order valence-corrected chi connectivity index (χ1v) is 5.93. The summed E-state index contributed by atoms with van der Waals surface area (Å²) in [6.07, 6.45) is 0. The van der Waals surface area contributed by atoms with Crippen molar-refractivity contribution >= 4 is 11.6 Å². The molecule has 0 aliphatic carbocycles. The van der Waals surface area contributed by atoms with E-state index in [1.54, 1.807) is 43.3 Å². The van der Waals surface area contributed by atoms with Crippen LogP contribution in [0.2, 0.25) is 5.02 Å². The molecule has 2 aromatic rings. The third-order valence-corrected chi connectivity index (χ3v) is 2.76. The molecule has 2 N–H and O–H groups in total. The van der Waals surface area contributed by atoms with Crippen LogP contribution in [-0.2, 0) is 0 Å². The molecule has 2 rings (SSSR count). The molecule has 0 saturated carbocycles. The van der Waals surface area contributed by atoms with Crippen LogP contribution in [0.25, 0.3) is 0 Å². The Hall–Kier alpha value is -1.58. The van der Waals surface area contributed by atoms with E-state index in [-0.39, 0.29) is 5.82 Å². The molecule has 0 spiro atoms. The van der Waals surface area contributed by atoms with Gasteiger partial charge in [-0.15, -0.1) is 0 Å². The highest BCUT2D eigenvalue weighted by atomic mass is 35.5. The molecule has 0 heterocycles. The van der Waals surface area contributed by atoms with Gasteiger partial charge in [-0.2, -0.15) is 0 Å². The molecule has 0 bridgehead atoms. The van der Waals surface area contributed by atoms with Crippen molar-refractivity contribution < 1.29 is 9.13 Å². The molecule has 0 aromatic heterocycles. The second-order valence-corrected chi connectivity index (χ2v) is 4.43. The summed E-state index contributed by atoms with van der Waals surface area (Å²) < 4.78 is 19.3. The fraction of sp³-hybridized carbons (Fsp3) is 0.143. The van der Waals surface area contributed by atoms with Gasteiger partial charge in [0.15, 0.2) is 0 Å². The van der Waals surface area contributed by atoms with Crippen LogP contribution < -0.4 is 10.5 Å². The second kappa shape index (κ2) is 5.38. The molecular weight excluding hydrogens is 253 g/mol. The summed E-state index contributed by atoms with van der Waals surface area (Å²) in [6, 6.07) is 11.1. The third kappa shape index (κ3) is 2.81. The van der Waals surface area contributed by atoms with E-state index >= 15 is 0 Å². The van der Waals surface area contributed by atoms with Gasteiger partial charge in [-0.25, -0.2) is 4.39 Å². The molecule has 94 valence electrons. The summed E-state index contributed by atoms with van der Waals surface area (Å²) in [5.41, 5.74) is 6.12. The van der Waals surface area contributed by atoms with Crippen molar-refractivity contribution in [2.45, 2.75) is 13.0 Å². The zero-order valence-electron chi connectivity index (χ0n) is 9.86. The van der Waals surface area contributed by atoms with Gasteiger partial charge >= 0.3 is 0 Å². The molecular formula is C14H13ClFNO. The smallest absolute Gasteiger partial charge is 0.135 e. The van der Waals surface area contributed by atoms with Crippen molar-refractivity contribution in [3.8, 4) is 11.5 Å². The average molecular weight is 266 g/mol. The van der Waals surface area contributed by atoms with Crippen LogP contribution in [0.5, 0.6) is 11.5 Å². The van der Waals surface area contributed by atoms with Crippen molar-refractivity contribution in [2.24, 2.45) is 5.73 Å². The molecule has 0 radical (unpaired) electrons. The predicted octanol–water partition coefficient (Wildman–Crippen LogP) is 4.29. The normalized spacial score (nSPS) is 12.2. The Morgan fingerprint density at radius 1 is 1.17 bits per heavy atom. The van der Waals surface area contributed by atoms with Gasteiger partial charge in [0.2, 0.25) is 0 Å². The number of nitrogens with two attached hydrogens (primary N) is 1. The first-order chi connectivity index (χ1) is 8.58. The summed E-state index contributed by atoms with van der Waals surface area (Å²) in [6.45, 7) is 1.72. The maximum absolute atomic E-state index is 13.7. The largest absolute Gasteiger partial charge is 0.457 e. The van der Waals surface area contributed by atoms with Crippen LogP contribution in [0.1, 0.15) is 18.5 Å². The number of ether oxygens (including phenoxy) is 1. The Morgan fingerprint density at radius 2 is 1.83 bits per heavy atom. The SMILES string of the molecule is C[C@H](N)c1c(F)cccc1Oc1ccc(Cl)cc1. The second-order valence-electron chi connectivity index (χ2n) is 4.00. The molecule has 4 heteroatoms. The maximum Gasteiger partial charge on any atom is 0.135 e. The highest BCUT2D eigenvalue weighted by molar-refractivity contribution is 6.30. The Morgan fingerprint density at radius 3 is 2.44 bits per heavy atom. The molecule has 0 fully saturated rings. The van der Waals surface area contributed by atoms with E-state index in [2.05, 4.69) is 0 Å². The lowest BCUT2D eigenvalue weighted by atomic mass is 10.1. The number of halogens is 2. The van der Waals surface area contributed by atoms with Crippen LogP contribution in [0, 0.1) is 5.82 Å². The number of hydrogen-bond donors (Lipinski definition) is 1. The third-order valence-electron chi connectivity index (χ3n) is 2.51. The van der Waals surface area contributed by atoms with Gasteiger partial charge in [0.25, 0.3) is 0 Å². The molecule has 1 atom stereocenters. The van der Waals surface area contributed by atoms with E-state index in [1.165, 1.54) is 6.07 Å². The summed E-state index contributed by atoms with van der Waals surface area (Å²) in [7, 11) is 0. The predicted molar refractivity (Wildman–Crippen MR) is 70.5 cm³/mol. The highest BCUT2D eigenvalue weighted by Gasteiger charge is 2.14. The zero-order chi connectivity index (χ0) is 13.1. The Balaban J connectivity index is 2.34. The van der Waals surface area contributed by atoms with E-state index in [4.69, 9.17) is 22.1 Å². The lowest BCUT2D eigenvalue weighted by molar-refractivity contribution is 0.461. The van der Waals surface area contributed by atoms with Gasteiger partial charge in [0.05, 0.1) is 0 Å². The van der Waals surface area contributed by atoms with Crippen LogP contribution in [0.15, 0.2) is 42.5 Å². The van der Waals surface area contributed by atoms with Crippen molar-refractivity contribution in [1.29, 1.82) is 0 Å². The Labute approximate surface area is 110 Å². The van der Waals surface area contributed by atoms with E-state index in [1.807, 2.05) is 0 Å². The van der Waals surface area contributed by atoms with Crippen molar-refractivity contribution in [3.63, 3.8) is 0 Å². The van der Waals surface area contributed by atoms with Crippen LogP contribution >= 0.6 is 11.6 Å².